The molecule has 3 aromatic rings. The SMILES string of the molecule is C/C(=N/NC(=O)C(C)Oc1ccc(Cl)cc1C)c1cccc(NC(=O)c2ccc(Cl)cc2)c1. The Morgan fingerprint density at radius 2 is 1.64 bits per heavy atom. The highest BCUT2D eigenvalue weighted by Gasteiger charge is 2.15. The van der Waals surface area contributed by atoms with E-state index in [-0.39, 0.29) is 5.91 Å². The number of amides is 2. The van der Waals surface area contributed by atoms with Crippen molar-refractivity contribution in [1.82, 2.24) is 5.43 Å². The fraction of sp³-hybridized carbons (Fsp3) is 0.160. The molecule has 0 heterocycles. The van der Waals surface area contributed by atoms with E-state index in [1.165, 1.54) is 0 Å². The maximum atomic E-state index is 12.4. The number of hydrazone groups is 1. The van der Waals surface area contributed by atoms with Crippen LogP contribution in [0.3, 0.4) is 0 Å². The van der Waals surface area contributed by atoms with Gasteiger partial charge < -0.3 is 10.1 Å². The summed E-state index contributed by atoms with van der Waals surface area (Å²) in [4.78, 5) is 24.8. The summed E-state index contributed by atoms with van der Waals surface area (Å²) in [7, 11) is 0. The van der Waals surface area contributed by atoms with Gasteiger partial charge in [0, 0.05) is 21.3 Å². The quantitative estimate of drug-likeness (QED) is 0.326. The zero-order chi connectivity index (χ0) is 24.0. The summed E-state index contributed by atoms with van der Waals surface area (Å²) >= 11 is 11.8. The summed E-state index contributed by atoms with van der Waals surface area (Å²) in [6, 6.07) is 19.0. The first-order chi connectivity index (χ1) is 15.7. The molecule has 6 nitrogen and oxygen atoms in total. The van der Waals surface area contributed by atoms with Crippen LogP contribution in [0.1, 0.15) is 35.3 Å². The number of carbonyl (C=O) groups excluding carboxylic acids is 2. The second kappa shape index (κ2) is 11.0. The Bertz CT molecular complexity index is 1190. The zero-order valence-electron chi connectivity index (χ0n) is 18.4. The zero-order valence-corrected chi connectivity index (χ0v) is 19.9. The average Bonchev–Trinajstić information content (AvgIpc) is 2.79. The smallest absolute Gasteiger partial charge is 0.280 e. The molecule has 0 aromatic heterocycles. The highest BCUT2D eigenvalue weighted by atomic mass is 35.5. The lowest BCUT2D eigenvalue weighted by Crippen LogP contribution is -2.34. The Balaban J connectivity index is 1.62. The largest absolute Gasteiger partial charge is 0.481 e. The van der Waals surface area contributed by atoms with Gasteiger partial charge in [0.25, 0.3) is 11.8 Å². The standard InChI is InChI=1S/C25H23Cl2N3O3/c1-15-13-21(27)11-12-23(15)33-17(3)24(31)30-29-16(2)19-5-4-6-22(14-19)28-25(32)18-7-9-20(26)10-8-18/h4-14,17H,1-3H3,(H,28,32)(H,30,31)/b29-16-. The van der Waals surface area contributed by atoms with Gasteiger partial charge in [0.05, 0.1) is 5.71 Å². The third-order valence-electron chi connectivity index (χ3n) is 4.79. The van der Waals surface area contributed by atoms with Crippen molar-refractivity contribution >= 4 is 46.4 Å². The van der Waals surface area contributed by atoms with Gasteiger partial charge in [-0.25, -0.2) is 5.43 Å². The van der Waals surface area contributed by atoms with Crippen LogP contribution < -0.4 is 15.5 Å². The van der Waals surface area contributed by atoms with E-state index in [2.05, 4.69) is 15.8 Å². The van der Waals surface area contributed by atoms with Crippen LogP contribution in [0.25, 0.3) is 0 Å². The van der Waals surface area contributed by atoms with Crippen LogP contribution in [0.5, 0.6) is 5.75 Å². The summed E-state index contributed by atoms with van der Waals surface area (Å²) < 4.78 is 5.72. The molecular formula is C25H23Cl2N3O3. The van der Waals surface area contributed by atoms with Gasteiger partial charge in [-0.3, -0.25) is 9.59 Å². The Hall–Kier alpha value is -3.35. The molecule has 0 saturated heterocycles. The molecule has 0 aliphatic heterocycles. The lowest BCUT2D eigenvalue weighted by molar-refractivity contribution is -0.127. The Morgan fingerprint density at radius 1 is 0.939 bits per heavy atom. The van der Waals surface area contributed by atoms with Crippen LogP contribution in [0.15, 0.2) is 71.8 Å². The lowest BCUT2D eigenvalue weighted by Gasteiger charge is -2.15. The molecular weight excluding hydrogens is 461 g/mol. The molecule has 170 valence electrons. The second-order valence-corrected chi connectivity index (χ2v) is 8.26. The molecule has 0 radical (unpaired) electrons. The first-order valence-electron chi connectivity index (χ1n) is 10.2. The molecule has 0 fully saturated rings. The van der Waals surface area contributed by atoms with Crippen molar-refractivity contribution < 1.29 is 14.3 Å². The highest BCUT2D eigenvalue weighted by molar-refractivity contribution is 6.31. The molecule has 2 N–H and O–H groups in total. The number of nitrogens with one attached hydrogen (secondary N) is 2. The number of aryl methyl sites for hydroxylation is 1. The van der Waals surface area contributed by atoms with E-state index in [1.54, 1.807) is 74.5 Å². The predicted octanol–water partition coefficient (Wildman–Crippen LogP) is 5.86. The van der Waals surface area contributed by atoms with Gasteiger partial charge in [-0.15, -0.1) is 0 Å². The second-order valence-electron chi connectivity index (χ2n) is 7.38. The van der Waals surface area contributed by atoms with Gasteiger partial charge in [0.2, 0.25) is 0 Å². The van der Waals surface area contributed by atoms with Crippen molar-refractivity contribution in [3.8, 4) is 5.75 Å². The summed E-state index contributed by atoms with van der Waals surface area (Å²) in [6.07, 6.45) is -0.758. The molecule has 1 unspecified atom stereocenters. The van der Waals surface area contributed by atoms with Crippen molar-refractivity contribution in [2.24, 2.45) is 5.10 Å². The molecule has 0 bridgehead atoms. The minimum absolute atomic E-state index is 0.254. The minimum atomic E-state index is -0.758. The number of benzene rings is 3. The summed E-state index contributed by atoms with van der Waals surface area (Å²) in [5.41, 5.74) is 5.76. The number of hydrogen-bond acceptors (Lipinski definition) is 4. The van der Waals surface area contributed by atoms with Gasteiger partial charge in [-0.05, 0) is 86.5 Å². The van der Waals surface area contributed by atoms with E-state index in [0.29, 0.717) is 32.8 Å². The third-order valence-corrected chi connectivity index (χ3v) is 5.28. The average molecular weight is 484 g/mol. The van der Waals surface area contributed by atoms with Crippen molar-refractivity contribution in [2.45, 2.75) is 26.9 Å². The monoisotopic (exact) mass is 483 g/mol. The Kier molecular flexibility index (Phi) is 8.09. The van der Waals surface area contributed by atoms with Crippen molar-refractivity contribution in [1.29, 1.82) is 0 Å². The van der Waals surface area contributed by atoms with Gasteiger partial charge in [-0.1, -0.05) is 35.3 Å². The lowest BCUT2D eigenvalue weighted by atomic mass is 10.1. The van der Waals surface area contributed by atoms with Crippen LogP contribution in [0.4, 0.5) is 5.69 Å². The molecule has 3 aromatic carbocycles. The summed E-state index contributed by atoms with van der Waals surface area (Å²) in [5.74, 6) is -0.0713. The number of carbonyl (C=O) groups is 2. The van der Waals surface area contributed by atoms with E-state index >= 15 is 0 Å². The molecule has 0 spiro atoms. The summed E-state index contributed by atoms with van der Waals surface area (Å²) in [5, 5.41) is 8.17. The van der Waals surface area contributed by atoms with E-state index in [9.17, 15) is 9.59 Å². The van der Waals surface area contributed by atoms with Gasteiger partial charge in [0.15, 0.2) is 6.10 Å². The number of ether oxygens (including phenoxy) is 1. The first-order valence-corrected chi connectivity index (χ1v) is 10.9. The van der Waals surface area contributed by atoms with Crippen LogP contribution in [-0.2, 0) is 4.79 Å². The van der Waals surface area contributed by atoms with Crippen molar-refractivity contribution in [3.63, 3.8) is 0 Å². The maximum Gasteiger partial charge on any atom is 0.280 e. The van der Waals surface area contributed by atoms with Gasteiger partial charge >= 0.3 is 0 Å². The molecule has 3 rings (SSSR count). The van der Waals surface area contributed by atoms with Gasteiger partial charge in [0.1, 0.15) is 5.75 Å². The molecule has 0 aliphatic carbocycles. The fourth-order valence-corrected chi connectivity index (χ4v) is 3.26. The molecule has 33 heavy (non-hydrogen) atoms. The van der Waals surface area contributed by atoms with Gasteiger partial charge in [-0.2, -0.15) is 5.10 Å². The molecule has 0 saturated carbocycles. The molecule has 0 aliphatic rings. The van der Waals surface area contributed by atoms with Crippen molar-refractivity contribution in [2.75, 3.05) is 5.32 Å². The third kappa shape index (κ3) is 6.81. The van der Waals surface area contributed by atoms with E-state index in [4.69, 9.17) is 27.9 Å². The topological polar surface area (TPSA) is 79.8 Å². The highest BCUT2D eigenvalue weighted by Crippen LogP contribution is 2.23. The molecule has 1 atom stereocenters. The first kappa shape index (κ1) is 24.3. The van der Waals surface area contributed by atoms with E-state index in [1.807, 2.05) is 13.0 Å². The van der Waals surface area contributed by atoms with E-state index < -0.39 is 12.0 Å². The predicted molar refractivity (Wildman–Crippen MR) is 132 cm³/mol. The molecule has 8 heteroatoms. The van der Waals surface area contributed by atoms with Crippen molar-refractivity contribution in [3.05, 3.63) is 93.5 Å². The Morgan fingerprint density at radius 3 is 2.33 bits per heavy atom. The Labute approximate surface area is 202 Å². The minimum Gasteiger partial charge on any atom is -0.481 e. The van der Waals surface area contributed by atoms with Crippen LogP contribution >= 0.6 is 23.2 Å². The number of nitrogens with zero attached hydrogens (tertiary/aromatic N) is 1. The number of rotatable bonds is 7. The number of anilines is 1. The number of hydrogen-bond donors (Lipinski definition) is 2. The van der Waals surface area contributed by atoms with E-state index in [0.717, 1.165) is 11.1 Å². The summed E-state index contributed by atoms with van der Waals surface area (Å²) in [6.45, 7) is 5.25. The molecule has 2 amide bonds. The van der Waals surface area contributed by atoms with Crippen LogP contribution in [-0.4, -0.2) is 23.6 Å². The number of halogens is 2. The van der Waals surface area contributed by atoms with Crippen LogP contribution in [0, 0.1) is 6.92 Å². The van der Waals surface area contributed by atoms with Crippen LogP contribution in [0.2, 0.25) is 10.0 Å². The maximum absolute atomic E-state index is 12.4. The normalized spacial score (nSPS) is 12.1. The fourth-order valence-electron chi connectivity index (χ4n) is 2.91.